The van der Waals surface area contributed by atoms with E-state index in [1.165, 1.54) is 33.4 Å². The van der Waals surface area contributed by atoms with E-state index in [4.69, 9.17) is 9.05 Å². The van der Waals surface area contributed by atoms with Gasteiger partial charge in [-0.2, -0.15) is 23.5 Å². The number of benzene rings is 4. The number of hydrogen-bond donors (Lipinski definition) is 0. The lowest BCUT2D eigenvalue weighted by Gasteiger charge is -2.06. The molecule has 232 valence electrons. The highest BCUT2D eigenvalue weighted by molar-refractivity contribution is 7.98. The Morgan fingerprint density at radius 1 is 0.370 bits per heavy atom. The second kappa shape index (κ2) is 15.5. The van der Waals surface area contributed by atoms with Crippen LogP contribution in [0.4, 0.5) is 0 Å². The van der Waals surface area contributed by atoms with E-state index in [-0.39, 0.29) is 0 Å². The summed E-state index contributed by atoms with van der Waals surface area (Å²) in [6, 6.07) is 39.5. The minimum Gasteiger partial charge on any atom is -0.360 e. The molecule has 12 bridgehead atoms. The van der Waals surface area contributed by atoms with Crippen molar-refractivity contribution in [3.05, 3.63) is 154 Å². The van der Waals surface area contributed by atoms with Crippen LogP contribution < -0.4 is 0 Å². The Balaban J connectivity index is 1.04. The molecule has 46 heavy (non-hydrogen) atoms. The van der Waals surface area contributed by atoms with Gasteiger partial charge in [0.15, 0.2) is 0 Å². The highest BCUT2D eigenvalue weighted by Gasteiger charge is 2.10. The summed E-state index contributed by atoms with van der Waals surface area (Å²) < 4.78 is 11.4. The normalized spacial score (nSPS) is 14.8. The van der Waals surface area contributed by atoms with Gasteiger partial charge in [0.05, 0.1) is 11.5 Å². The first-order valence-electron chi connectivity index (χ1n) is 15.3. The fourth-order valence-electron chi connectivity index (χ4n) is 5.31. The molecular weight excluding hydrogens is 645 g/mol. The molecule has 0 atom stereocenters. The largest absolute Gasteiger partial charge is 0.360 e. The molecule has 0 saturated carbocycles. The summed E-state index contributed by atoms with van der Waals surface area (Å²) in [5, 5.41) is 8.71. The van der Waals surface area contributed by atoms with Crippen molar-refractivity contribution < 1.29 is 9.05 Å². The van der Waals surface area contributed by atoms with Gasteiger partial charge in [-0.05, 0) is 33.4 Å². The summed E-state index contributed by atoms with van der Waals surface area (Å²) in [7, 11) is 0. The van der Waals surface area contributed by atoms with Crippen LogP contribution >= 0.6 is 47.0 Å². The van der Waals surface area contributed by atoms with Gasteiger partial charge >= 0.3 is 0 Å². The van der Waals surface area contributed by atoms with Gasteiger partial charge in [0, 0.05) is 57.8 Å². The average Bonchev–Trinajstić information content (AvgIpc) is 3.76. The van der Waals surface area contributed by atoms with Gasteiger partial charge in [0.1, 0.15) is 22.9 Å². The van der Waals surface area contributed by atoms with Crippen molar-refractivity contribution in [2.75, 3.05) is 0 Å². The molecule has 0 fully saturated rings. The van der Waals surface area contributed by atoms with Crippen LogP contribution in [0, 0.1) is 0 Å². The molecule has 8 heteroatoms. The Morgan fingerprint density at radius 3 is 1.11 bits per heavy atom. The van der Waals surface area contributed by atoms with Crippen molar-refractivity contribution in [1.29, 1.82) is 0 Å². The lowest BCUT2D eigenvalue weighted by Crippen LogP contribution is -1.88. The topological polar surface area (TPSA) is 52.1 Å². The van der Waals surface area contributed by atoms with Crippen molar-refractivity contribution in [2.24, 2.45) is 0 Å². The first-order chi connectivity index (χ1) is 22.7. The first kappa shape index (κ1) is 31.3. The minimum absolute atomic E-state index is 0.798. The van der Waals surface area contributed by atoms with Gasteiger partial charge in [0.2, 0.25) is 0 Å². The fourth-order valence-corrected chi connectivity index (χ4v) is 8.91. The lowest BCUT2D eigenvalue weighted by molar-refractivity contribution is 0.397. The SMILES string of the molecule is c1cc2cc(c1)CSCc1cc(no1)-c1ccc(cc1)CSCc1cccc(c1)CSCc1cc(no1)-c1ccc(cc1)CSC2. The van der Waals surface area contributed by atoms with Gasteiger partial charge in [-0.3, -0.25) is 0 Å². The van der Waals surface area contributed by atoms with E-state index in [1.54, 1.807) is 0 Å². The second-order valence-corrected chi connectivity index (χ2v) is 15.3. The van der Waals surface area contributed by atoms with Crippen molar-refractivity contribution in [1.82, 2.24) is 10.3 Å². The van der Waals surface area contributed by atoms with Crippen molar-refractivity contribution in [2.45, 2.75) is 46.0 Å². The molecular formula is C38H34N2O2S4. The summed E-state index contributed by atoms with van der Waals surface area (Å²) in [4.78, 5) is 0. The van der Waals surface area contributed by atoms with E-state index in [1.807, 2.05) is 47.0 Å². The van der Waals surface area contributed by atoms with E-state index < -0.39 is 0 Å². The summed E-state index contributed by atoms with van der Waals surface area (Å²) in [5.74, 6) is 9.20. The van der Waals surface area contributed by atoms with Gasteiger partial charge in [0.25, 0.3) is 0 Å². The molecule has 0 radical (unpaired) electrons. The molecule has 2 aromatic heterocycles. The number of aromatic nitrogens is 2. The summed E-state index contributed by atoms with van der Waals surface area (Å²) in [6.45, 7) is 0. The molecule has 4 nitrogen and oxygen atoms in total. The molecule has 6 aromatic rings. The van der Waals surface area contributed by atoms with Gasteiger partial charge in [-0.1, -0.05) is 107 Å². The van der Waals surface area contributed by atoms with Crippen LogP contribution in [0.25, 0.3) is 22.5 Å². The fraction of sp³-hybridized carbons (Fsp3) is 0.211. The predicted octanol–water partition coefficient (Wildman–Crippen LogP) is 11.0. The molecule has 0 unspecified atom stereocenters. The number of nitrogens with zero attached hydrogens (tertiary/aromatic N) is 2. The smallest absolute Gasteiger partial charge is 0.147 e. The molecule has 4 aliphatic heterocycles. The second-order valence-electron chi connectivity index (χ2n) is 11.4. The number of rotatable bonds is 0. The molecule has 4 aliphatic rings. The van der Waals surface area contributed by atoms with Gasteiger partial charge in [-0.25, -0.2) is 0 Å². The molecule has 0 spiro atoms. The standard InChI is InChI=1S/C38H34N2O2S4/c1-3-29-15-31(5-1)23-45-25-35-17-37(39-41-35)34-13-9-28(10-14-34)20-44-22-30-4-2-6-32(16-30)24-46-26-36-18-38(40-42-36)33-11-7-27(8-12-33)19-43-21-29/h1-18H,19-26H2. The summed E-state index contributed by atoms with van der Waals surface area (Å²) in [5.41, 5.74) is 12.0. The predicted molar refractivity (Wildman–Crippen MR) is 197 cm³/mol. The maximum absolute atomic E-state index is 5.69. The summed E-state index contributed by atoms with van der Waals surface area (Å²) >= 11 is 7.60. The highest BCUT2D eigenvalue weighted by atomic mass is 32.2. The van der Waals surface area contributed by atoms with Crippen LogP contribution in [0.15, 0.2) is 118 Å². The van der Waals surface area contributed by atoms with Gasteiger partial charge in [-0.15, -0.1) is 23.5 Å². The lowest BCUT2D eigenvalue weighted by atomic mass is 10.1. The summed E-state index contributed by atoms with van der Waals surface area (Å²) in [6.07, 6.45) is 0. The zero-order chi connectivity index (χ0) is 31.0. The van der Waals surface area contributed by atoms with E-state index >= 15 is 0 Å². The maximum atomic E-state index is 5.69. The zero-order valence-electron chi connectivity index (χ0n) is 25.4. The third kappa shape index (κ3) is 8.53. The third-order valence-corrected chi connectivity index (χ3v) is 11.9. The quantitative estimate of drug-likeness (QED) is 0.157. The van der Waals surface area contributed by atoms with Crippen molar-refractivity contribution in [3.8, 4) is 22.5 Å². The molecule has 0 saturated heterocycles. The van der Waals surface area contributed by atoms with Crippen LogP contribution in [0.3, 0.4) is 0 Å². The van der Waals surface area contributed by atoms with Crippen LogP contribution in [-0.2, 0) is 46.0 Å². The minimum atomic E-state index is 0.798. The third-order valence-electron chi connectivity index (χ3n) is 7.70. The van der Waals surface area contributed by atoms with Crippen molar-refractivity contribution >= 4 is 47.0 Å². The first-order valence-corrected chi connectivity index (χ1v) is 19.9. The highest BCUT2D eigenvalue weighted by Crippen LogP contribution is 2.28. The molecule has 0 aliphatic carbocycles. The van der Waals surface area contributed by atoms with E-state index in [0.717, 1.165) is 80.1 Å². The monoisotopic (exact) mass is 678 g/mol. The van der Waals surface area contributed by atoms with Gasteiger partial charge < -0.3 is 9.05 Å². The molecule has 6 heterocycles. The van der Waals surface area contributed by atoms with Crippen LogP contribution in [0.5, 0.6) is 0 Å². The van der Waals surface area contributed by atoms with E-state index in [2.05, 4.69) is 120 Å². The van der Waals surface area contributed by atoms with E-state index in [0.29, 0.717) is 0 Å². The van der Waals surface area contributed by atoms with Crippen LogP contribution in [0.2, 0.25) is 0 Å². The maximum Gasteiger partial charge on any atom is 0.147 e. The Bertz CT molecular complexity index is 1730. The van der Waals surface area contributed by atoms with Crippen molar-refractivity contribution in [3.63, 3.8) is 0 Å². The number of hydrogen-bond acceptors (Lipinski definition) is 8. The zero-order valence-corrected chi connectivity index (χ0v) is 28.7. The Labute approximate surface area is 287 Å². The Kier molecular flexibility index (Phi) is 10.6. The van der Waals surface area contributed by atoms with Crippen LogP contribution in [-0.4, -0.2) is 10.3 Å². The van der Waals surface area contributed by atoms with Crippen LogP contribution in [0.1, 0.15) is 44.9 Å². The Hall–Kier alpha value is -3.30. The molecule has 10 rings (SSSR count). The Morgan fingerprint density at radius 2 is 0.717 bits per heavy atom. The molecule has 0 amide bonds. The number of thioether (sulfide) groups is 4. The average molecular weight is 679 g/mol. The molecule has 0 N–H and O–H groups in total. The van der Waals surface area contributed by atoms with E-state index in [9.17, 15) is 0 Å². The molecule has 4 aromatic carbocycles.